The molecule has 5 heteroatoms. The van der Waals surface area contributed by atoms with Crippen LogP contribution in [0.15, 0.2) is 30.6 Å². The summed E-state index contributed by atoms with van der Waals surface area (Å²) in [6.45, 7) is 3.20. The molecule has 84 valence electrons. The average molecular weight is 217 g/mol. The number of aromatic nitrogens is 4. The van der Waals surface area contributed by atoms with E-state index in [1.165, 1.54) is 12.8 Å². The standard InChI is InChI=1S/C11H15N5/c1-2-3-8-12-10-4-6-11(7-5-10)16-9-13-14-15-16/h4-7,9,12H,2-3,8H2,1H3. The van der Waals surface area contributed by atoms with Gasteiger partial charge in [0.25, 0.3) is 0 Å². The second kappa shape index (κ2) is 5.25. The van der Waals surface area contributed by atoms with Crippen LogP contribution < -0.4 is 5.32 Å². The minimum Gasteiger partial charge on any atom is -0.385 e. The van der Waals surface area contributed by atoms with Crippen LogP contribution in [0.4, 0.5) is 5.69 Å². The first-order valence-corrected chi connectivity index (χ1v) is 5.47. The fourth-order valence-corrected chi connectivity index (χ4v) is 1.42. The summed E-state index contributed by atoms with van der Waals surface area (Å²) in [5.41, 5.74) is 2.09. The fourth-order valence-electron chi connectivity index (χ4n) is 1.42. The normalized spacial score (nSPS) is 10.3. The van der Waals surface area contributed by atoms with E-state index in [-0.39, 0.29) is 0 Å². The average Bonchev–Trinajstić information content (AvgIpc) is 2.84. The SMILES string of the molecule is CCCCNc1ccc(-n2cnnn2)cc1. The number of nitrogens with one attached hydrogen (secondary N) is 1. The predicted molar refractivity (Wildman–Crippen MR) is 62.6 cm³/mol. The lowest BCUT2D eigenvalue weighted by atomic mass is 10.2. The van der Waals surface area contributed by atoms with Crippen LogP contribution in [-0.2, 0) is 0 Å². The maximum absolute atomic E-state index is 3.83. The zero-order valence-corrected chi connectivity index (χ0v) is 9.30. The molecule has 0 radical (unpaired) electrons. The summed E-state index contributed by atoms with van der Waals surface area (Å²) in [5, 5.41) is 14.4. The van der Waals surface area contributed by atoms with Gasteiger partial charge in [0.1, 0.15) is 6.33 Å². The Hall–Kier alpha value is -1.91. The van der Waals surface area contributed by atoms with Crippen LogP contribution in [-0.4, -0.2) is 26.8 Å². The molecule has 0 aliphatic rings. The van der Waals surface area contributed by atoms with Gasteiger partial charge in [0.15, 0.2) is 0 Å². The van der Waals surface area contributed by atoms with Gasteiger partial charge in [-0.05, 0) is 41.1 Å². The molecule has 2 rings (SSSR count). The fraction of sp³-hybridized carbons (Fsp3) is 0.364. The Bertz CT molecular complexity index is 406. The minimum atomic E-state index is 0.964. The molecule has 0 fully saturated rings. The number of hydrogen-bond donors (Lipinski definition) is 1. The maximum Gasteiger partial charge on any atom is 0.143 e. The molecule has 1 aromatic carbocycles. The lowest BCUT2D eigenvalue weighted by Crippen LogP contribution is -2.01. The van der Waals surface area contributed by atoms with E-state index in [0.717, 1.165) is 17.9 Å². The van der Waals surface area contributed by atoms with Crippen LogP contribution in [0.25, 0.3) is 5.69 Å². The van der Waals surface area contributed by atoms with Crippen LogP contribution in [0.1, 0.15) is 19.8 Å². The van der Waals surface area contributed by atoms with E-state index in [4.69, 9.17) is 0 Å². The van der Waals surface area contributed by atoms with Crippen molar-refractivity contribution in [2.24, 2.45) is 0 Å². The van der Waals surface area contributed by atoms with Crippen LogP contribution in [0.2, 0.25) is 0 Å². The molecule has 0 aliphatic carbocycles. The van der Waals surface area contributed by atoms with Gasteiger partial charge in [-0.15, -0.1) is 5.10 Å². The Morgan fingerprint density at radius 2 is 2.06 bits per heavy atom. The molecule has 1 N–H and O–H groups in total. The zero-order chi connectivity index (χ0) is 11.2. The van der Waals surface area contributed by atoms with Crippen molar-refractivity contribution in [1.82, 2.24) is 20.2 Å². The van der Waals surface area contributed by atoms with E-state index in [0.29, 0.717) is 0 Å². The topological polar surface area (TPSA) is 55.6 Å². The first kappa shape index (κ1) is 10.6. The largest absolute Gasteiger partial charge is 0.385 e. The Morgan fingerprint density at radius 1 is 1.25 bits per heavy atom. The quantitative estimate of drug-likeness (QED) is 0.777. The number of unbranched alkanes of at least 4 members (excludes halogenated alkanes) is 1. The molecule has 0 amide bonds. The summed E-state index contributed by atoms with van der Waals surface area (Å²) in [6, 6.07) is 8.05. The highest BCUT2D eigenvalue weighted by molar-refractivity contribution is 5.48. The lowest BCUT2D eigenvalue weighted by Gasteiger charge is -2.06. The summed E-state index contributed by atoms with van der Waals surface area (Å²) in [6.07, 6.45) is 3.98. The third-order valence-corrected chi connectivity index (χ3v) is 2.34. The van der Waals surface area contributed by atoms with Gasteiger partial charge >= 0.3 is 0 Å². The van der Waals surface area contributed by atoms with Gasteiger partial charge in [-0.3, -0.25) is 0 Å². The minimum absolute atomic E-state index is 0.964. The van der Waals surface area contributed by atoms with Crippen molar-refractivity contribution < 1.29 is 0 Å². The van der Waals surface area contributed by atoms with Gasteiger partial charge in [0, 0.05) is 12.2 Å². The Kier molecular flexibility index (Phi) is 3.48. The van der Waals surface area contributed by atoms with E-state index in [9.17, 15) is 0 Å². The molecule has 0 atom stereocenters. The Balaban J connectivity index is 2.00. The van der Waals surface area contributed by atoms with Crippen molar-refractivity contribution in [2.45, 2.75) is 19.8 Å². The predicted octanol–water partition coefficient (Wildman–Crippen LogP) is 1.87. The molecular formula is C11H15N5. The van der Waals surface area contributed by atoms with Gasteiger partial charge in [0.05, 0.1) is 5.69 Å². The number of benzene rings is 1. The number of nitrogens with zero attached hydrogens (tertiary/aromatic N) is 4. The molecule has 0 aliphatic heterocycles. The van der Waals surface area contributed by atoms with Crippen LogP contribution >= 0.6 is 0 Å². The van der Waals surface area contributed by atoms with E-state index in [2.05, 4.69) is 27.8 Å². The Morgan fingerprint density at radius 3 is 2.69 bits per heavy atom. The number of hydrogen-bond acceptors (Lipinski definition) is 4. The molecule has 1 aromatic heterocycles. The van der Waals surface area contributed by atoms with Crippen LogP contribution in [0, 0.1) is 0 Å². The second-order valence-corrected chi connectivity index (χ2v) is 3.58. The highest BCUT2D eigenvalue weighted by Crippen LogP contribution is 2.11. The third kappa shape index (κ3) is 2.56. The summed E-state index contributed by atoms with van der Waals surface area (Å²) in [4.78, 5) is 0. The van der Waals surface area contributed by atoms with Gasteiger partial charge in [-0.25, -0.2) is 4.68 Å². The third-order valence-electron chi connectivity index (χ3n) is 2.34. The maximum atomic E-state index is 3.83. The molecular weight excluding hydrogens is 202 g/mol. The molecule has 5 nitrogen and oxygen atoms in total. The van der Waals surface area contributed by atoms with Crippen molar-refractivity contribution in [3.63, 3.8) is 0 Å². The van der Waals surface area contributed by atoms with Crippen molar-refractivity contribution in [3.05, 3.63) is 30.6 Å². The van der Waals surface area contributed by atoms with Crippen LogP contribution in [0.5, 0.6) is 0 Å². The highest BCUT2D eigenvalue weighted by Gasteiger charge is 1.97. The molecule has 1 heterocycles. The smallest absolute Gasteiger partial charge is 0.143 e. The van der Waals surface area contributed by atoms with E-state index >= 15 is 0 Å². The van der Waals surface area contributed by atoms with Gasteiger partial charge in [0.2, 0.25) is 0 Å². The van der Waals surface area contributed by atoms with Crippen molar-refractivity contribution in [2.75, 3.05) is 11.9 Å². The van der Waals surface area contributed by atoms with Gasteiger partial charge in [-0.2, -0.15) is 0 Å². The van der Waals surface area contributed by atoms with Crippen molar-refractivity contribution in [1.29, 1.82) is 0 Å². The first-order chi connectivity index (χ1) is 7.90. The van der Waals surface area contributed by atoms with Gasteiger partial charge < -0.3 is 5.32 Å². The Labute approximate surface area is 94.5 Å². The van der Waals surface area contributed by atoms with E-state index in [1.54, 1.807) is 11.0 Å². The van der Waals surface area contributed by atoms with Crippen molar-refractivity contribution in [3.8, 4) is 5.69 Å². The molecule has 0 bridgehead atoms. The molecule has 0 saturated heterocycles. The van der Waals surface area contributed by atoms with Crippen molar-refractivity contribution >= 4 is 5.69 Å². The highest BCUT2D eigenvalue weighted by atomic mass is 15.5. The van der Waals surface area contributed by atoms with E-state index in [1.807, 2.05) is 24.3 Å². The number of rotatable bonds is 5. The number of tetrazole rings is 1. The zero-order valence-electron chi connectivity index (χ0n) is 9.30. The second-order valence-electron chi connectivity index (χ2n) is 3.58. The summed E-state index contributed by atoms with van der Waals surface area (Å²) in [5.74, 6) is 0. The van der Waals surface area contributed by atoms with Gasteiger partial charge in [-0.1, -0.05) is 13.3 Å². The molecule has 0 saturated carbocycles. The molecule has 2 aromatic rings. The molecule has 0 spiro atoms. The summed E-state index contributed by atoms with van der Waals surface area (Å²) >= 11 is 0. The van der Waals surface area contributed by atoms with E-state index < -0.39 is 0 Å². The summed E-state index contributed by atoms with van der Waals surface area (Å²) < 4.78 is 1.63. The first-order valence-electron chi connectivity index (χ1n) is 5.47. The molecule has 0 unspecified atom stereocenters. The summed E-state index contributed by atoms with van der Waals surface area (Å²) in [7, 11) is 0. The monoisotopic (exact) mass is 217 g/mol. The molecule has 16 heavy (non-hydrogen) atoms. The van der Waals surface area contributed by atoms with Crippen LogP contribution in [0.3, 0.4) is 0 Å². The number of anilines is 1. The lowest BCUT2D eigenvalue weighted by molar-refractivity contribution is 0.789.